The first-order chi connectivity index (χ1) is 8.82. The van der Waals surface area contributed by atoms with Crippen molar-refractivity contribution in [1.82, 2.24) is 0 Å². The van der Waals surface area contributed by atoms with E-state index in [1.165, 1.54) is 11.0 Å². The largest absolute Gasteiger partial charge is 0.416 e. The number of nitrogens with two attached hydrogens (primary N) is 1. The van der Waals surface area contributed by atoms with Crippen LogP contribution in [0.15, 0.2) is 18.2 Å². The average Bonchev–Trinajstić information content (AvgIpc) is 2.69. The highest BCUT2D eigenvalue weighted by molar-refractivity contribution is 7.80. The average molecular weight is 290 g/mol. The van der Waals surface area contributed by atoms with Crippen molar-refractivity contribution < 1.29 is 18.0 Å². The molecule has 1 unspecified atom stereocenters. The lowest BCUT2D eigenvalue weighted by molar-refractivity contribution is -0.137. The molecular formula is C12H13F3N2OS. The van der Waals surface area contributed by atoms with Crippen molar-refractivity contribution in [3.63, 3.8) is 0 Å². The van der Waals surface area contributed by atoms with E-state index in [2.05, 4.69) is 12.6 Å². The molecule has 0 aliphatic carbocycles. The topological polar surface area (TPSA) is 46.3 Å². The number of nitrogens with zero attached hydrogens (tertiary/aromatic N) is 1. The number of benzene rings is 1. The van der Waals surface area contributed by atoms with E-state index in [-0.39, 0.29) is 17.5 Å². The first kappa shape index (κ1) is 14.0. The van der Waals surface area contributed by atoms with Crippen molar-refractivity contribution in [2.24, 2.45) is 5.92 Å². The predicted octanol–water partition coefficient (Wildman–Crippen LogP) is 2.57. The van der Waals surface area contributed by atoms with Crippen LogP contribution in [-0.4, -0.2) is 18.2 Å². The number of halogens is 3. The Morgan fingerprint density at radius 1 is 1.42 bits per heavy atom. The molecule has 2 rings (SSSR count). The van der Waals surface area contributed by atoms with Crippen molar-refractivity contribution >= 4 is 29.9 Å². The minimum atomic E-state index is -4.44. The van der Waals surface area contributed by atoms with Gasteiger partial charge in [-0.1, -0.05) is 0 Å². The first-order valence-electron chi connectivity index (χ1n) is 5.71. The summed E-state index contributed by atoms with van der Waals surface area (Å²) in [6.45, 7) is 0.442. The Hall–Kier alpha value is -1.37. The Balaban J connectivity index is 2.30. The molecule has 1 fully saturated rings. The normalized spacial score (nSPS) is 20.1. The molecule has 7 heteroatoms. The highest BCUT2D eigenvalue weighted by Gasteiger charge is 2.34. The number of hydrogen-bond acceptors (Lipinski definition) is 3. The molecule has 0 bridgehead atoms. The Labute approximate surface area is 114 Å². The summed E-state index contributed by atoms with van der Waals surface area (Å²) in [6.07, 6.45) is -4.08. The van der Waals surface area contributed by atoms with Crippen molar-refractivity contribution in [1.29, 1.82) is 0 Å². The fraction of sp³-hybridized carbons (Fsp3) is 0.417. The maximum absolute atomic E-state index is 12.5. The molecule has 1 amide bonds. The van der Waals surface area contributed by atoms with Gasteiger partial charge in [-0.05, 0) is 29.9 Å². The number of rotatable bonds is 2. The highest BCUT2D eigenvalue weighted by atomic mass is 32.1. The Kier molecular flexibility index (Phi) is 3.66. The van der Waals surface area contributed by atoms with Crippen molar-refractivity contribution in [3.8, 4) is 0 Å². The lowest BCUT2D eigenvalue weighted by Gasteiger charge is -2.19. The molecule has 1 aliphatic rings. The molecule has 0 spiro atoms. The van der Waals surface area contributed by atoms with Gasteiger partial charge in [-0.15, -0.1) is 0 Å². The first-order valence-corrected chi connectivity index (χ1v) is 6.34. The van der Waals surface area contributed by atoms with Gasteiger partial charge in [0.15, 0.2) is 0 Å². The van der Waals surface area contributed by atoms with Gasteiger partial charge in [-0.2, -0.15) is 25.8 Å². The lowest BCUT2D eigenvalue weighted by atomic mass is 10.1. The van der Waals surface area contributed by atoms with Gasteiger partial charge < -0.3 is 10.6 Å². The molecule has 1 aliphatic heterocycles. The molecule has 1 aromatic rings. The number of nitrogen functional groups attached to an aromatic ring is 1. The van der Waals surface area contributed by atoms with Gasteiger partial charge in [0.2, 0.25) is 5.91 Å². The number of anilines is 2. The zero-order chi connectivity index (χ0) is 14.2. The zero-order valence-electron chi connectivity index (χ0n) is 9.94. The summed E-state index contributed by atoms with van der Waals surface area (Å²) in [7, 11) is 0. The minimum absolute atomic E-state index is 0.0389. The molecule has 0 aromatic heterocycles. The van der Waals surface area contributed by atoms with Gasteiger partial charge in [-0.3, -0.25) is 4.79 Å². The summed E-state index contributed by atoms with van der Waals surface area (Å²) in [5.41, 5.74) is 5.12. The fourth-order valence-electron chi connectivity index (χ4n) is 2.11. The number of carbonyl (C=O) groups is 1. The van der Waals surface area contributed by atoms with Gasteiger partial charge in [0.25, 0.3) is 0 Å². The van der Waals surface area contributed by atoms with E-state index in [0.29, 0.717) is 24.4 Å². The van der Waals surface area contributed by atoms with Crippen LogP contribution in [0, 0.1) is 5.92 Å². The number of thiol groups is 1. The maximum atomic E-state index is 12.5. The molecule has 19 heavy (non-hydrogen) atoms. The van der Waals surface area contributed by atoms with E-state index < -0.39 is 11.7 Å². The van der Waals surface area contributed by atoms with Crippen LogP contribution in [0.1, 0.15) is 12.0 Å². The number of amides is 1. The maximum Gasteiger partial charge on any atom is 0.416 e. The molecule has 104 valence electrons. The Morgan fingerprint density at radius 2 is 2.11 bits per heavy atom. The smallest absolute Gasteiger partial charge is 0.397 e. The van der Waals surface area contributed by atoms with Crippen molar-refractivity contribution in [3.05, 3.63) is 23.8 Å². The molecule has 1 aromatic carbocycles. The van der Waals surface area contributed by atoms with E-state index in [4.69, 9.17) is 5.73 Å². The monoisotopic (exact) mass is 290 g/mol. The molecule has 3 nitrogen and oxygen atoms in total. The summed E-state index contributed by atoms with van der Waals surface area (Å²) in [5.74, 6) is 0.533. The minimum Gasteiger partial charge on any atom is -0.397 e. The van der Waals surface area contributed by atoms with Crippen LogP contribution < -0.4 is 10.6 Å². The predicted molar refractivity (Wildman–Crippen MR) is 70.2 cm³/mol. The quantitative estimate of drug-likeness (QED) is 0.649. The van der Waals surface area contributed by atoms with E-state index >= 15 is 0 Å². The van der Waals surface area contributed by atoms with Crippen LogP contribution >= 0.6 is 12.6 Å². The summed E-state index contributed by atoms with van der Waals surface area (Å²) in [4.78, 5) is 13.2. The third-order valence-electron chi connectivity index (χ3n) is 3.11. The summed E-state index contributed by atoms with van der Waals surface area (Å²) in [5, 5.41) is 0. The molecule has 0 radical (unpaired) electrons. The Morgan fingerprint density at radius 3 is 2.58 bits per heavy atom. The van der Waals surface area contributed by atoms with Crippen LogP contribution in [0.5, 0.6) is 0 Å². The van der Waals surface area contributed by atoms with E-state index in [1.54, 1.807) is 0 Å². The van der Waals surface area contributed by atoms with Crippen LogP contribution in [0.3, 0.4) is 0 Å². The van der Waals surface area contributed by atoms with Crippen LogP contribution in [0.4, 0.5) is 24.5 Å². The fourth-order valence-corrected chi connectivity index (χ4v) is 2.36. The number of carbonyl (C=O) groups excluding carboxylic acids is 1. The summed E-state index contributed by atoms with van der Waals surface area (Å²) < 4.78 is 37.6. The van der Waals surface area contributed by atoms with Crippen molar-refractivity contribution in [2.45, 2.75) is 12.6 Å². The SMILES string of the molecule is Nc1cc(C(F)(F)F)ccc1N1CC(CS)CC1=O. The van der Waals surface area contributed by atoms with Gasteiger partial charge in [0.05, 0.1) is 16.9 Å². The third kappa shape index (κ3) is 2.80. The van der Waals surface area contributed by atoms with Crippen LogP contribution in [0.25, 0.3) is 0 Å². The summed E-state index contributed by atoms with van der Waals surface area (Å²) in [6, 6.07) is 3.04. The zero-order valence-corrected chi connectivity index (χ0v) is 10.8. The summed E-state index contributed by atoms with van der Waals surface area (Å²) >= 11 is 4.13. The lowest BCUT2D eigenvalue weighted by Crippen LogP contribution is -2.25. The molecule has 2 N–H and O–H groups in total. The molecule has 1 saturated heterocycles. The van der Waals surface area contributed by atoms with E-state index in [9.17, 15) is 18.0 Å². The van der Waals surface area contributed by atoms with Gasteiger partial charge in [0.1, 0.15) is 0 Å². The third-order valence-corrected chi connectivity index (χ3v) is 3.63. The van der Waals surface area contributed by atoms with E-state index in [1.807, 2.05) is 0 Å². The second-order valence-corrected chi connectivity index (χ2v) is 4.89. The highest BCUT2D eigenvalue weighted by Crippen LogP contribution is 2.36. The second kappa shape index (κ2) is 4.96. The second-order valence-electron chi connectivity index (χ2n) is 4.53. The Bertz CT molecular complexity index is 504. The molecular weight excluding hydrogens is 277 g/mol. The van der Waals surface area contributed by atoms with Gasteiger partial charge >= 0.3 is 6.18 Å². The molecule has 1 atom stereocenters. The molecule has 1 heterocycles. The number of hydrogen-bond donors (Lipinski definition) is 2. The van der Waals surface area contributed by atoms with E-state index in [0.717, 1.165) is 12.1 Å². The van der Waals surface area contributed by atoms with Gasteiger partial charge in [0, 0.05) is 13.0 Å². The van der Waals surface area contributed by atoms with Gasteiger partial charge in [-0.25, -0.2) is 0 Å². The van der Waals surface area contributed by atoms with Crippen molar-refractivity contribution in [2.75, 3.05) is 22.9 Å². The van der Waals surface area contributed by atoms with Crippen LogP contribution in [0.2, 0.25) is 0 Å². The standard InChI is InChI=1S/C12H13F3N2OS/c13-12(14,15)8-1-2-10(9(16)4-8)17-5-7(6-19)3-11(17)18/h1-2,4,7,19H,3,5-6,16H2. The number of alkyl halides is 3. The van der Waals surface area contributed by atoms with Crippen LogP contribution in [-0.2, 0) is 11.0 Å². The molecule has 0 saturated carbocycles.